The number of carbonyl (C=O) groups is 2. The van der Waals surface area contributed by atoms with Crippen molar-refractivity contribution in [2.24, 2.45) is 4.99 Å². The summed E-state index contributed by atoms with van der Waals surface area (Å²) in [5.74, 6) is 0.832. The van der Waals surface area contributed by atoms with Gasteiger partial charge in [-0.25, -0.2) is 4.79 Å². The van der Waals surface area contributed by atoms with E-state index in [-0.39, 0.29) is 18.9 Å². The van der Waals surface area contributed by atoms with Gasteiger partial charge in [0, 0.05) is 40.8 Å². The average molecular weight is 616 g/mol. The van der Waals surface area contributed by atoms with Gasteiger partial charge >= 0.3 is 5.97 Å². The summed E-state index contributed by atoms with van der Waals surface area (Å²) in [5, 5.41) is 13.4. The number of thiophene rings is 1. The van der Waals surface area contributed by atoms with Crippen LogP contribution in [-0.2, 0) is 23.8 Å². The highest BCUT2D eigenvalue weighted by Gasteiger charge is 2.32. The average Bonchev–Trinajstić information content (AvgIpc) is 3.39. The molecule has 0 spiro atoms. The molecule has 1 atom stereocenters. The molecule has 42 heavy (non-hydrogen) atoms. The normalized spacial score (nSPS) is 14.5. The van der Waals surface area contributed by atoms with E-state index >= 15 is 0 Å². The molecule has 12 heteroatoms. The number of benzene rings is 1. The van der Waals surface area contributed by atoms with Crippen LogP contribution < -0.4 is 5.32 Å². The van der Waals surface area contributed by atoms with Crippen LogP contribution in [0, 0.1) is 20.8 Å². The van der Waals surface area contributed by atoms with Crippen LogP contribution in [0.3, 0.4) is 0 Å². The SMILES string of the molecule is Cc1sc2c(c1C)C(c1ccc(Cl)cc1)=N[C@@H](CC(=O)NCCOCCCOCC(=O)OC(C)(C)C)c1nnc(C)n1-2. The van der Waals surface area contributed by atoms with Crippen LogP contribution in [0.1, 0.15) is 72.9 Å². The van der Waals surface area contributed by atoms with Crippen LogP contribution in [0.15, 0.2) is 29.3 Å². The Kier molecular flexibility index (Phi) is 10.5. The van der Waals surface area contributed by atoms with E-state index in [1.165, 1.54) is 4.88 Å². The first-order valence-corrected chi connectivity index (χ1v) is 15.1. The molecule has 0 fully saturated rings. The molecule has 2 aromatic heterocycles. The standard InChI is InChI=1S/C30H38ClN5O5S/c1-18-19(2)42-29-26(18)27(21-8-10-22(31)11-9-21)33-23(28-35-34-20(3)36(28)29)16-24(37)32-12-15-39-13-7-14-40-17-25(38)41-30(4,5)6/h8-11,23H,7,12-17H2,1-6H3,(H,32,37)/t23-/m0/s1. The first-order valence-electron chi connectivity index (χ1n) is 13.9. The maximum atomic E-state index is 13.0. The minimum absolute atomic E-state index is 0.0867. The fourth-order valence-corrected chi connectivity index (χ4v) is 5.87. The number of carbonyl (C=O) groups excluding carboxylic acids is 2. The predicted octanol–water partition coefficient (Wildman–Crippen LogP) is 5.07. The van der Waals surface area contributed by atoms with Gasteiger partial charge in [-0.3, -0.25) is 14.4 Å². The highest BCUT2D eigenvalue weighted by molar-refractivity contribution is 7.15. The fraction of sp³-hybridized carbons (Fsp3) is 0.500. The van der Waals surface area contributed by atoms with E-state index in [0.29, 0.717) is 43.6 Å². The van der Waals surface area contributed by atoms with Gasteiger partial charge in [0.05, 0.1) is 18.7 Å². The summed E-state index contributed by atoms with van der Waals surface area (Å²) in [7, 11) is 0. The Morgan fingerprint density at radius 2 is 1.76 bits per heavy atom. The lowest BCUT2D eigenvalue weighted by Crippen LogP contribution is -2.29. The Hall–Kier alpha value is -3.12. The van der Waals surface area contributed by atoms with Gasteiger partial charge in [0.25, 0.3) is 0 Å². The number of amides is 1. The van der Waals surface area contributed by atoms with Crippen molar-refractivity contribution in [3.63, 3.8) is 0 Å². The molecule has 1 amide bonds. The zero-order valence-electron chi connectivity index (χ0n) is 25.0. The van der Waals surface area contributed by atoms with E-state index in [9.17, 15) is 9.59 Å². The molecule has 3 heterocycles. The monoisotopic (exact) mass is 615 g/mol. The molecule has 0 saturated heterocycles. The number of nitrogens with zero attached hydrogens (tertiary/aromatic N) is 4. The summed E-state index contributed by atoms with van der Waals surface area (Å²) in [6.45, 7) is 13.0. The van der Waals surface area contributed by atoms with E-state index in [1.54, 1.807) is 11.3 Å². The van der Waals surface area contributed by atoms with Gasteiger partial charge in [-0.15, -0.1) is 21.5 Å². The first kappa shape index (κ1) is 31.8. The Labute approximate surface area is 255 Å². The zero-order valence-corrected chi connectivity index (χ0v) is 26.5. The summed E-state index contributed by atoms with van der Waals surface area (Å²) in [5.41, 5.74) is 3.36. The van der Waals surface area contributed by atoms with E-state index in [4.69, 9.17) is 30.8 Å². The Bertz CT molecular complexity index is 1440. The molecule has 226 valence electrons. The smallest absolute Gasteiger partial charge is 0.332 e. The second-order valence-electron chi connectivity index (χ2n) is 11.1. The minimum atomic E-state index is -0.530. The maximum Gasteiger partial charge on any atom is 0.332 e. The van der Waals surface area contributed by atoms with Crippen molar-refractivity contribution >= 4 is 40.5 Å². The lowest BCUT2D eigenvalue weighted by molar-refractivity contribution is -0.160. The Balaban J connectivity index is 1.34. The number of rotatable bonds is 12. The van der Waals surface area contributed by atoms with Crippen LogP contribution in [0.5, 0.6) is 0 Å². The number of aromatic nitrogens is 3. The van der Waals surface area contributed by atoms with Crippen LogP contribution in [0.4, 0.5) is 0 Å². The summed E-state index contributed by atoms with van der Waals surface area (Å²) in [6.07, 6.45) is 0.736. The van der Waals surface area contributed by atoms with Crippen molar-refractivity contribution in [3.8, 4) is 5.00 Å². The molecule has 1 aromatic carbocycles. The van der Waals surface area contributed by atoms with Gasteiger partial charge in [0.2, 0.25) is 5.91 Å². The molecule has 0 radical (unpaired) electrons. The molecule has 10 nitrogen and oxygen atoms in total. The largest absolute Gasteiger partial charge is 0.458 e. The van der Waals surface area contributed by atoms with Crippen molar-refractivity contribution in [3.05, 3.63) is 62.5 Å². The third-order valence-electron chi connectivity index (χ3n) is 6.52. The topological polar surface area (TPSA) is 117 Å². The van der Waals surface area contributed by atoms with E-state index in [1.807, 2.05) is 56.5 Å². The minimum Gasteiger partial charge on any atom is -0.458 e. The molecule has 0 unspecified atom stereocenters. The fourth-order valence-electron chi connectivity index (χ4n) is 4.53. The van der Waals surface area contributed by atoms with E-state index < -0.39 is 17.6 Å². The van der Waals surface area contributed by atoms with Crippen molar-refractivity contribution in [1.29, 1.82) is 0 Å². The van der Waals surface area contributed by atoms with Crippen LogP contribution >= 0.6 is 22.9 Å². The predicted molar refractivity (Wildman–Crippen MR) is 163 cm³/mol. The summed E-state index contributed by atoms with van der Waals surface area (Å²) >= 11 is 7.85. The van der Waals surface area contributed by atoms with Gasteiger partial charge in [-0.2, -0.15) is 0 Å². The molecular weight excluding hydrogens is 578 g/mol. The zero-order chi connectivity index (χ0) is 30.4. The van der Waals surface area contributed by atoms with Crippen molar-refractivity contribution in [2.75, 3.05) is 33.0 Å². The highest BCUT2D eigenvalue weighted by Crippen LogP contribution is 2.39. The first-order chi connectivity index (χ1) is 19.9. The highest BCUT2D eigenvalue weighted by atomic mass is 35.5. The lowest BCUT2D eigenvalue weighted by Gasteiger charge is -2.19. The molecule has 3 aromatic rings. The lowest BCUT2D eigenvalue weighted by atomic mass is 9.99. The summed E-state index contributed by atoms with van der Waals surface area (Å²) in [6, 6.07) is 7.07. The van der Waals surface area contributed by atoms with Crippen molar-refractivity contribution in [2.45, 2.75) is 66.0 Å². The van der Waals surface area contributed by atoms with Crippen LogP contribution in [-0.4, -0.2) is 70.9 Å². The van der Waals surface area contributed by atoms with Gasteiger partial charge in [0.15, 0.2) is 5.82 Å². The molecule has 0 saturated carbocycles. The Morgan fingerprint density at radius 3 is 2.48 bits per heavy atom. The van der Waals surface area contributed by atoms with Crippen LogP contribution in [0.25, 0.3) is 5.00 Å². The second kappa shape index (κ2) is 13.9. The third-order valence-corrected chi connectivity index (χ3v) is 7.97. The molecule has 0 aliphatic carbocycles. The van der Waals surface area contributed by atoms with Gasteiger partial charge in [-0.05, 0) is 65.7 Å². The van der Waals surface area contributed by atoms with E-state index in [0.717, 1.165) is 33.2 Å². The molecular formula is C30H38ClN5O5S. The second-order valence-corrected chi connectivity index (χ2v) is 12.7. The number of halogens is 1. The maximum absolute atomic E-state index is 13.0. The number of hydrogen-bond acceptors (Lipinski definition) is 9. The van der Waals surface area contributed by atoms with Gasteiger partial charge in [-0.1, -0.05) is 23.7 Å². The van der Waals surface area contributed by atoms with Gasteiger partial charge < -0.3 is 19.5 Å². The van der Waals surface area contributed by atoms with Crippen molar-refractivity contribution in [1.82, 2.24) is 20.1 Å². The Morgan fingerprint density at radius 1 is 1.05 bits per heavy atom. The number of aryl methyl sites for hydroxylation is 2. The molecule has 0 bridgehead atoms. The van der Waals surface area contributed by atoms with Crippen molar-refractivity contribution < 1.29 is 23.8 Å². The molecule has 1 N–H and O–H groups in total. The molecule has 4 rings (SSSR count). The third kappa shape index (κ3) is 8.03. The summed E-state index contributed by atoms with van der Waals surface area (Å²) < 4.78 is 18.2. The molecule has 1 aliphatic heterocycles. The number of esters is 1. The summed E-state index contributed by atoms with van der Waals surface area (Å²) in [4.78, 5) is 31.0. The van der Waals surface area contributed by atoms with Gasteiger partial charge in [0.1, 0.15) is 29.1 Å². The molecule has 1 aliphatic rings. The quantitative estimate of drug-likeness (QED) is 0.223. The number of hydrogen-bond donors (Lipinski definition) is 1. The number of aliphatic imine (C=N–C) groups is 1. The number of ether oxygens (including phenoxy) is 3. The van der Waals surface area contributed by atoms with Crippen LogP contribution in [0.2, 0.25) is 5.02 Å². The van der Waals surface area contributed by atoms with E-state index in [2.05, 4.69) is 29.4 Å². The number of fused-ring (bicyclic) bond motifs is 3. The number of nitrogens with one attached hydrogen (secondary N) is 1.